The molecule has 0 saturated heterocycles. The standard InChI is InChI=1S/C17H13ClN2O4/c18-13-3-5-14(6-4-13)20-16(21)10-24-17(22)11-23-15-7-1-12(9-19)2-8-15/h1-8H,10-11H2,(H,20,21). The van der Waals surface area contributed by atoms with Crippen molar-refractivity contribution in [2.45, 2.75) is 0 Å². The molecule has 2 rings (SSSR count). The summed E-state index contributed by atoms with van der Waals surface area (Å²) in [6.45, 7) is -0.752. The molecule has 0 fully saturated rings. The number of amides is 1. The van der Waals surface area contributed by atoms with Crippen molar-refractivity contribution in [3.05, 3.63) is 59.1 Å². The summed E-state index contributed by atoms with van der Waals surface area (Å²) in [5.41, 5.74) is 1.04. The third-order valence-corrected chi connectivity index (χ3v) is 3.08. The molecule has 0 unspecified atom stereocenters. The van der Waals surface area contributed by atoms with Gasteiger partial charge in [-0.2, -0.15) is 5.26 Å². The van der Waals surface area contributed by atoms with Crippen molar-refractivity contribution in [3.8, 4) is 11.8 Å². The van der Waals surface area contributed by atoms with Crippen molar-refractivity contribution in [1.82, 2.24) is 0 Å². The van der Waals surface area contributed by atoms with Crippen LogP contribution < -0.4 is 10.1 Å². The second-order valence-corrected chi connectivity index (χ2v) is 5.08. The van der Waals surface area contributed by atoms with Crippen LogP contribution in [0.15, 0.2) is 48.5 Å². The van der Waals surface area contributed by atoms with Gasteiger partial charge >= 0.3 is 5.97 Å². The Morgan fingerprint density at radius 2 is 1.71 bits per heavy atom. The Morgan fingerprint density at radius 1 is 1.04 bits per heavy atom. The van der Waals surface area contributed by atoms with E-state index < -0.39 is 18.5 Å². The molecule has 0 aliphatic carbocycles. The van der Waals surface area contributed by atoms with Crippen LogP contribution in [0.1, 0.15) is 5.56 Å². The SMILES string of the molecule is N#Cc1ccc(OCC(=O)OCC(=O)Nc2ccc(Cl)cc2)cc1. The first-order valence-corrected chi connectivity index (χ1v) is 7.28. The number of benzene rings is 2. The summed E-state index contributed by atoms with van der Waals surface area (Å²) in [6.07, 6.45) is 0. The number of anilines is 1. The molecule has 0 heterocycles. The first-order chi connectivity index (χ1) is 11.6. The number of nitriles is 1. The van der Waals surface area contributed by atoms with Crippen LogP contribution in [0.2, 0.25) is 5.02 Å². The van der Waals surface area contributed by atoms with Crippen molar-refractivity contribution in [1.29, 1.82) is 5.26 Å². The molecule has 0 spiro atoms. The number of hydrogen-bond donors (Lipinski definition) is 1. The maximum absolute atomic E-state index is 11.7. The Bertz CT molecular complexity index is 752. The molecule has 0 aromatic heterocycles. The highest BCUT2D eigenvalue weighted by Crippen LogP contribution is 2.13. The highest BCUT2D eigenvalue weighted by molar-refractivity contribution is 6.30. The van der Waals surface area contributed by atoms with Gasteiger partial charge in [-0.05, 0) is 48.5 Å². The lowest BCUT2D eigenvalue weighted by atomic mass is 10.2. The lowest BCUT2D eigenvalue weighted by Gasteiger charge is -2.08. The Morgan fingerprint density at radius 3 is 2.33 bits per heavy atom. The maximum atomic E-state index is 11.7. The number of ether oxygens (including phenoxy) is 2. The summed E-state index contributed by atoms with van der Waals surface area (Å²) in [5.74, 6) is -0.716. The quantitative estimate of drug-likeness (QED) is 0.814. The Kier molecular flexibility index (Phi) is 6.17. The van der Waals surface area contributed by atoms with E-state index in [2.05, 4.69) is 5.32 Å². The van der Waals surface area contributed by atoms with E-state index in [1.165, 1.54) is 0 Å². The van der Waals surface area contributed by atoms with Gasteiger partial charge in [0.1, 0.15) is 5.75 Å². The molecular formula is C17H13ClN2O4. The van der Waals surface area contributed by atoms with E-state index in [1.807, 2.05) is 6.07 Å². The van der Waals surface area contributed by atoms with Gasteiger partial charge in [0.2, 0.25) is 0 Å². The lowest BCUT2D eigenvalue weighted by Crippen LogP contribution is -2.23. The van der Waals surface area contributed by atoms with E-state index in [-0.39, 0.29) is 6.61 Å². The molecule has 0 aliphatic rings. The number of rotatable bonds is 6. The second kappa shape index (κ2) is 8.56. The summed E-state index contributed by atoms with van der Waals surface area (Å²) < 4.78 is 10.0. The van der Waals surface area contributed by atoms with Crippen LogP contribution in [0.3, 0.4) is 0 Å². The lowest BCUT2D eigenvalue weighted by molar-refractivity contribution is -0.149. The summed E-state index contributed by atoms with van der Waals surface area (Å²) >= 11 is 5.74. The third kappa shape index (κ3) is 5.63. The van der Waals surface area contributed by atoms with E-state index in [0.717, 1.165) is 0 Å². The van der Waals surface area contributed by atoms with Gasteiger partial charge in [-0.25, -0.2) is 4.79 Å². The monoisotopic (exact) mass is 344 g/mol. The topological polar surface area (TPSA) is 88.4 Å². The maximum Gasteiger partial charge on any atom is 0.344 e. The van der Waals surface area contributed by atoms with Gasteiger partial charge in [-0.1, -0.05) is 11.6 Å². The number of halogens is 1. The van der Waals surface area contributed by atoms with E-state index in [4.69, 9.17) is 26.3 Å². The van der Waals surface area contributed by atoms with Crippen LogP contribution >= 0.6 is 11.6 Å². The minimum Gasteiger partial charge on any atom is -0.482 e. The summed E-state index contributed by atoms with van der Waals surface area (Å²) in [4.78, 5) is 23.2. The van der Waals surface area contributed by atoms with Gasteiger partial charge in [0.05, 0.1) is 11.6 Å². The molecule has 1 amide bonds. The Labute approximate surface area is 143 Å². The zero-order valence-electron chi connectivity index (χ0n) is 12.5. The van der Waals surface area contributed by atoms with E-state index in [0.29, 0.717) is 22.0 Å². The number of carbonyl (C=O) groups excluding carboxylic acids is 2. The number of esters is 1. The molecule has 0 saturated carbocycles. The first kappa shape index (κ1) is 17.3. The van der Waals surface area contributed by atoms with Gasteiger partial charge in [0.25, 0.3) is 5.91 Å². The highest BCUT2D eigenvalue weighted by atomic mass is 35.5. The molecule has 6 nitrogen and oxygen atoms in total. The number of hydrogen-bond acceptors (Lipinski definition) is 5. The fourth-order valence-corrected chi connectivity index (χ4v) is 1.81. The number of carbonyl (C=O) groups is 2. The van der Waals surface area contributed by atoms with Crippen molar-refractivity contribution in [3.63, 3.8) is 0 Å². The fraction of sp³-hybridized carbons (Fsp3) is 0.118. The molecule has 0 aliphatic heterocycles. The van der Waals surface area contributed by atoms with Crippen LogP contribution in [0.4, 0.5) is 5.69 Å². The summed E-state index contributed by atoms with van der Waals surface area (Å²) in [5, 5.41) is 11.8. The fourth-order valence-electron chi connectivity index (χ4n) is 1.69. The predicted octanol–water partition coefficient (Wildman–Crippen LogP) is 2.77. The van der Waals surface area contributed by atoms with Crippen LogP contribution in [-0.2, 0) is 14.3 Å². The van der Waals surface area contributed by atoms with Crippen molar-refractivity contribution < 1.29 is 19.1 Å². The van der Waals surface area contributed by atoms with Crippen molar-refractivity contribution >= 4 is 29.2 Å². The Hall–Kier alpha value is -3.04. The molecule has 0 radical (unpaired) electrons. The molecule has 24 heavy (non-hydrogen) atoms. The van der Waals surface area contributed by atoms with E-state index in [1.54, 1.807) is 48.5 Å². The normalized spacial score (nSPS) is 9.67. The Balaban J connectivity index is 1.71. The minimum absolute atomic E-state index is 0.333. The van der Waals surface area contributed by atoms with E-state index in [9.17, 15) is 9.59 Å². The van der Waals surface area contributed by atoms with Crippen molar-refractivity contribution in [2.24, 2.45) is 0 Å². The van der Waals surface area contributed by atoms with Crippen LogP contribution in [0.25, 0.3) is 0 Å². The molecular weight excluding hydrogens is 332 g/mol. The first-order valence-electron chi connectivity index (χ1n) is 6.91. The predicted molar refractivity (Wildman–Crippen MR) is 87.7 cm³/mol. The number of nitrogens with one attached hydrogen (secondary N) is 1. The molecule has 0 atom stereocenters. The molecule has 122 valence electrons. The van der Waals surface area contributed by atoms with Gasteiger partial charge in [-0.15, -0.1) is 0 Å². The number of nitrogens with zero attached hydrogens (tertiary/aromatic N) is 1. The van der Waals surface area contributed by atoms with Gasteiger partial charge < -0.3 is 14.8 Å². The van der Waals surface area contributed by atoms with Crippen LogP contribution in [0, 0.1) is 11.3 Å². The average molecular weight is 345 g/mol. The third-order valence-electron chi connectivity index (χ3n) is 2.83. The highest BCUT2D eigenvalue weighted by Gasteiger charge is 2.09. The largest absolute Gasteiger partial charge is 0.482 e. The zero-order chi connectivity index (χ0) is 17.4. The van der Waals surface area contributed by atoms with Gasteiger partial charge in [-0.3, -0.25) is 4.79 Å². The van der Waals surface area contributed by atoms with Gasteiger partial charge in [0, 0.05) is 10.7 Å². The average Bonchev–Trinajstić information content (AvgIpc) is 2.60. The summed E-state index contributed by atoms with van der Waals surface area (Å²) in [6, 6.07) is 14.8. The molecule has 2 aromatic rings. The zero-order valence-corrected chi connectivity index (χ0v) is 13.2. The smallest absolute Gasteiger partial charge is 0.344 e. The molecule has 2 aromatic carbocycles. The van der Waals surface area contributed by atoms with Crippen molar-refractivity contribution in [2.75, 3.05) is 18.5 Å². The minimum atomic E-state index is -0.675. The molecule has 7 heteroatoms. The van der Waals surface area contributed by atoms with E-state index >= 15 is 0 Å². The van der Waals surface area contributed by atoms with Crippen LogP contribution in [-0.4, -0.2) is 25.1 Å². The summed E-state index contributed by atoms with van der Waals surface area (Å²) in [7, 11) is 0. The molecule has 1 N–H and O–H groups in total. The van der Waals surface area contributed by atoms with Gasteiger partial charge in [0.15, 0.2) is 13.2 Å². The second-order valence-electron chi connectivity index (χ2n) is 4.64. The molecule has 0 bridgehead atoms. The van der Waals surface area contributed by atoms with Crippen LogP contribution in [0.5, 0.6) is 5.75 Å².